The maximum Gasteiger partial charge on any atom is 0.472 e. The molecule has 0 aromatic heterocycles. The molecule has 3 atom stereocenters. The average molecular weight is 777 g/mol. The number of allylic oxidation sites excluding steroid dienone is 2. The Labute approximate surface area is 324 Å². The van der Waals surface area contributed by atoms with Gasteiger partial charge in [-0.2, -0.15) is 0 Å². The molecule has 0 aliphatic heterocycles. The van der Waals surface area contributed by atoms with Crippen LogP contribution >= 0.6 is 7.82 Å². The highest BCUT2D eigenvalue weighted by Gasteiger charge is 2.27. The Kier molecular flexibility index (Phi) is 38.0. The van der Waals surface area contributed by atoms with Crippen LogP contribution in [0, 0.1) is 0 Å². The van der Waals surface area contributed by atoms with Gasteiger partial charge in [-0.05, 0) is 38.5 Å². The fraction of sp³-hybridized carbons (Fsp3) is 0.905. The number of rotatable bonds is 41. The van der Waals surface area contributed by atoms with Crippen LogP contribution in [-0.4, -0.2) is 65.7 Å². The topological polar surface area (TPSA) is 149 Å². The molecule has 0 aliphatic rings. The van der Waals surface area contributed by atoms with Gasteiger partial charge in [0, 0.05) is 12.8 Å². The number of phosphoric ester groups is 1. The smallest absolute Gasteiger partial charge is 0.462 e. The van der Waals surface area contributed by atoms with E-state index in [4.69, 9.17) is 19.1 Å². The van der Waals surface area contributed by atoms with Crippen LogP contribution in [0.5, 0.6) is 0 Å². The maximum absolute atomic E-state index is 12.6. The molecule has 0 aliphatic carbocycles. The van der Waals surface area contributed by atoms with Gasteiger partial charge in [0.05, 0.1) is 19.8 Å². The number of phosphoric acid groups is 1. The number of carbonyl (C=O) groups is 2. The second-order valence-corrected chi connectivity index (χ2v) is 16.2. The van der Waals surface area contributed by atoms with Crippen LogP contribution in [0.25, 0.3) is 0 Å². The van der Waals surface area contributed by atoms with Gasteiger partial charge in [-0.3, -0.25) is 18.6 Å². The van der Waals surface area contributed by atoms with Gasteiger partial charge in [-0.25, -0.2) is 4.57 Å². The van der Waals surface area contributed by atoms with E-state index >= 15 is 0 Å². The third-order valence-corrected chi connectivity index (χ3v) is 10.4. The molecular formula is C42H81O10P. The Morgan fingerprint density at radius 1 is 0.547 bits per heavy atom. The van der Waals surface area contributed by atoms with Crippen molar-refractivity contribution in [1.29, 1.82) is 0 Å². The van der Waals surface area contributed by atoms with Crippen LogP contribution in [-0.2, 0) is 32.7 Å². The summed E-state index contributed by atoms with van der Waals surface area (Å²) in [4.78, 5) is 34.9. The Bertz CT molecular complexity index is 899. The number of hydrogen-bond donors (Lipinski definition) is 3. The molecule has 0 amide bonds. The van der Waals surface area contributed by atoms with Crippen LogP contribution < -0.4 is 0 Å². The van der Waals surface area contributed by atoms with Crippen molar-refractivity contribution < 1.29 is 47.8 Å². The van der Waals surface area contributed by atoms with Gasteiger partial charge < -0.3 is 24.6 Å². The van der Waals surface area contributed by atoms with Crippen molar-refractivity contribution in [3.05, 3.63) is 12.2 Å². The fourth-order valence-electron chi connectivity index (χ4n) is 6.05. The van der Waals surface area contributed by atoms with Gasteiger partial charge in [-0.15, -0.1) is 0 Å². The second-order valence-electron chi connectivity index (χ2n) is 14.7. The molecule has 0 spiro atoms. The number of esters is 2. The Balaban J connectivity index is 4.28. The van der Waals surface area contributed by atoms with Gasteiger partial charge >= 0.3 is 19.8 Å². The molecule has 0 saturated carbocycles. The number of aliphatic hydroxyl groups excluding tert-OH is 2. The lowest BCUT2D eigenvalue weighted by molar-refractivity contribution is -0.161. The number of carbonyl (C=O) groups excluding carboxylic acids is 2. The van der Waals surface area contributed by atoms with E-state index in [2.05, 4.69) is 30.5 Å². The van der Waals surface area contributed by atoms with Crippen LogP contribution in [0.3, 0.4) is 0 Å². The molecule has 0 rings (SSSR count). The summed E-state index contributed by atoms with van der Waals surface area (Å²) in [7, 11) is -4.61. The first kappa shape index (κ1) is 51.7. The minimum atomic E-state index is -4.61. The first-order valence-corrected chi connectivity index (χ1v) is 23.1. The van der Waals surface area contributed by atoms with Crippen LogP contribution in [0.4, 0.5) is 0 Å². The van der Waals surface area contributed by atoms with Gasteiger partial charge in [0.25, 0.3) is 0 Å². The van der Waals surface area contributed by atoms with E-state index in [1.807, 2.05) is 0 Å². The summed E-state index contributed by atoms with van der Waals surface area (Å²) in [5, 5.41) is 18.3. The van der Waals surface area contributed by atoms with E-state index in [9.17, 15) is 24.2 Å². The van der Waals surface area contributed by atoms with Crippen LogP contribution in [0.1, 0.15) is 206 Å². The highest BCUT2D eigenvalue weighted by Crippen LogP contribution is 2.43. The van der Waals surface area contributed by atoms with E-state index in [1.165, 1.54) is 122 Å². The van der Waals surface area contributed by atoms with E-state index in [-0.39, 0.29) is 19.4 Å². The van der Waals surface area contributed by atoms with Gasteiger partial charge in [-0.1, -0.05) is 167 Å². The SMILES string of the molecule is CCCCCCCC/C=C/CCCCCC(=O)OC[C@H](COP(=O)(O)OC[C@@H](O)CO)OC(=O)CCCCCCCCCCCCCCCCCCC. The van der Waals surface area contributed by atoms with E-state index in [1.54, 1.807) is 0 Å². The number of aliphatic hydroxyl groups is 2. The van der Waals surface area contributed by atoms with Crippen molar-refractivity contribution >= 4 is 19.8 Å². The number of hydrogen-bond acceptors (Lipinski definition) is 9. The van der Waals surface area contributed by atoms with Gasteiger partial charge in [0.1, 0.15) is 12.7 Å². The average Bonchev–Trinajstić information content (AvgIpc) is 3.14. The normalized spacial score (nSPS) is 14.0. The maximum atomic E-state index is 12.6. The fourth-order valence-corrected chi connectivity index (χ4v) is 6.84. The predicted octanol–water partition coefficient (Wildman–Crippen LogP) is 11.2. The zero-order chi connectivity index (χ0) is 39.1. The summed E-state index contributed by atoms with van der Waals surface area (Å²) in [5.41, 5.74) is 0. The zero-order valence-electron chi connectivity index (χ0n) is 34.0. The van der Waals surface area contributed by atoms with Crippen molar-refractivity contribution in [1.82, 2.24) is 0 Å². The number of ether oxygens (including phenoxy) is 2. The second kappa shape index (κ2) is 39.0. The number of unbranched alkanes of at least 4 members (excludes halogenated alkanes) is 25. The third-order valence-electron chi connectivity index (χ3n) is 9.42. The summed E-state index contributed by atoms with van der Waals surface area (Å²) in [6.45, 7) is 2.38. The van der Waals surface area contributed by atoms with Gasteiger partial charge in [0.15, 0.2) is 6.10 Å². The van der Waals surface area contributed by atoms with E-state index in [0.717, 1.165) is 44.9 Å². The molecule has 0 radical (unpaired) electrons. The van der Waals surface area contributed by atoms with Crippen molar-refractivity contribution in [3.63, 3.8) is 0 Å². The predicted molar refractivity (Wildman–Crippen MR) is 215 cm³/mol. The summed E-state index contributed by atoms with van der Waals surface area (Å²) < 4.78 is 32.7. The minimum Gasteiger partial charge on any atom is -0.462 e. The molecule has 0 fully saturated rings. The van der Waals surface area contributed by atoms with Gasteiger partial charge in [0.2, 0.25) is 0 Å². The minimum absolute atomic E-state index is 0.187. The van der Waals surface area contributed by atoms with Crippen LogP contribution in [0.2, 0.25) is 0 Å². The Morgan fingerprint density at radius 2 is 0.925 bits per heavy atom. The largest absolute Gasteiger partial charge is 0.472 e. The molecule has 10 nitrogen and oxygen atoms in total. The highest BCUT2D eigenvalue weighted by molar-refractivity contribution is 7.47. The third kappa shape index (κ3) is 38.8. The summed E-state index contributed by atoms with van der Waals surface area (Å²) in [6, 6.07) is 0. The Morgan fingerprint density at radius 3 is 1.38 bits per heavy atom. The van der Waals surface area contributed by atoms with Crippen molar-refractivity contribution in [2.75, 3.05) is 26.4 Å². The molecule has 11 heteroatoms. The highest BCUT2D eigenvalue weighted by atomic mass is 31.2. The molecule has 0 bridgehead atoms. The molecule has 53 heavy (non-hydrogen) atoms. The first-order valence-electron chi connectivity index (χ1n) is 21.6. The molecule has 314 valence electrons. The summed E-state index contributed by atoms with van der Waals surface area (Å²) >= 11 is 0. The lowest BCUT2D eigenvalue weighted by atomic mass is 10.0. The summed E-state index contributed by atoms with van der Waals surface area (Å²) in [6.07, 6.45) is 36.1. The molecule has 0 saturated heterocycles. The molecule has 0 heterocycles. The standard InChI is InChI=1S/C42H81O10P/c1-3-5-7-9-11-13-15-17-18-19-20-22-24-26-28-30-32-34-42(46)52-40(38-51-53(47,48)50-36-39(44)35-43)37-49-41(45)33-31-29-27-25-23-21-16-14-12-10-8-6-4-2/h21,23,39-40,43-44H,3-20,22,24-38H2,1-2H3,(H,47,48)/b23-21+/t39-,40+/m0/s1. The molecule has 0 aromatic rings. The van der Waals surface area contributed by atoms with E-state index < -0.39 is 51.8 Å². The molecule has 0 aromatic carbocycles. The zero-order valence-corrected chi connectivity index (χ0v) is 34.9. The lowest BCUT2D eigenvalue weighted by Crippen LogP contribution is -2.29. The summed E-state index contributed by atoms with van der Waals surface area (Å²) in [5.74, 6) is -0.933. The van der Waals surface area contributed by atoms with Crippen molar-refractivity contribution in [2.24, 2.45) is 0 Å². The van der Waals surface area contributed by atoms with E-state index in [0.29, 0.717) is 12.8 Å². The first-order chi connectivity index (χ1) is 25.7. The molecule has 3 N–H and O–H groups in total. The molecular weight excluding hydrogens is 695 g/mol. The quantitative estimate of drug-likeness (QED) is 0.0237. The van der Waals surface area contributed by atoms with Crippen LogP contribution in [0.15, 0.2) is 12.2 Å². The van der Waals surface area contributed by atoms with Crippen molar-refractivity contribution in [2.45, 2.75) is 219 Å². The lowest BCUT2D eigenvalue weighted by Gasteiger charge is -2.20. The molecule has 1 unspecified atom stereocenters. The van der Waals surface area contributed by atoms with Crippen molar-refractivity contribution in [3.8, 4) is 0 Å². The monoisotopic (exact) mass is 777 g/mol. The Hall–Kier alpha value is -1.29.